The molecule has 3 heterocycles. The first-order chi connectivity index (χ1) is 11.8. The molecule has 0 saturated carbocycles. The highest BCUT2D eigenvalue weighted by molar-refractivity contribution is 5.87. The van der Waals surface area contributed by atoms with Gasteiger partial charge in [0.25, 0.3) is 5.89 Å². The summed E-state index contributed by atoms with van der Waals surface area (Å²) in [5, 5.41) is 18.5. The van der Waals surface area contributed by atoms with Crippen LogP contribution in [-0.4, -0.2) is 48.7 Å². The molecule has 0 unspecified atom stereocenters. The van der Waals surface area contributed by atoms with E-state index in [-0.39, 0.29) is 0 Å². The van der Waals surface area contributed by atoms with Gasteiger partial charge in [-0.3, -0.25) is 0 Å². The van der Waals surface area contributed by atoms with E-state index in [9.17, 15) is 0 Å². The van der Waals surface area contributed by atoms with Crippen molar-refractivity contribution in [2.24, 2.45) is 0 Å². The van der Waals surface area contributed by atoms with E-state index in [4.69, 9.17) is 14.7 Å². The molecule has 1 aromatic carbocycles. The zero-order chi connectivity index (χ0) is 16.4. The SMILES string of the molecule is N=Cc1ccc(-c2nc(C3CCNCC3)no2)cc1NC1COC1. The van der Waals surface area contributed by atoms with Gasteiger partial charge < -0.3 is 25.3 Å². The monoisotopic (exact) mass is 327 g/mol. The topological polar surface area (TPSA) is 96.1 Å². The average Bonchev–Trinajstić information content (AvgIpc) is 3.09. The number of hydrogen-bond donors (Lipinski definition) is 3. The fourth-order valence-corrected chi connectivity index (χ4v) is 3.08. The van der Waals surface area contributed by atoms with Gasteiger partial charge in [0.15, 0.2) is 5.82 Å². The second-order valence-electron chi connectivity index (χ2n) is 6.31. The molecule has 0 amide bonds. The number of aromatic nitrogens is 2. The third-order valence-electron chi connectivity index (χ3n) is 4.60. The molecule has 0 aliphatic carbocycles. The largest absolute Gasteiger partial charge is 0.377 e. The summed E-state index contributed by atoms with van der Waals surface area (Å²) < 4.78 is 10.7. The van der Waals surface area contributed by atoms with Crippen molar-refractivity contribution in [3.8, 4) is 11.5 Å². The van der Waals surface area contributed by atoms with Gasteiger partial charge in [0.2, 0.25) is 0 Å². The third kappa shape index (κ3) is 3.05. The van der Waals surface area contributed by atoms with Gasteiger partial charge in [0.1, 0.15) is 0 Å². The number of anilines is 1. The lowest BCUT2D eigenvalue weighted by molar-refractivity contribution is 0.0211. The zero-order valence-electron chi connectivity index (χ0n) is 13.4. The Kier molecular flexibility index (Phi) is 4.27. The predicted octanol–water partition coefficient (Wildman–Crippen LogP) is 2.01. The van der Waals surface area contributed by atoms with Crippen LogP contribution in [0, 0.1) is 5.41 Å². The highest BCUT2D eigenvalue weighted by Gasteiger charge is 2.22. The van der Waals surface area contributed by atoms with E-state index in [2.05, 4.69) is 20.8 Å². The molecule has 0 radical (unpaired) electrons. The fraction of sp³-hybridized carbons (Fsp3) is 0.471. The summed E-state index contributed by atoms with van der Waals surface area (Å²) in [6, 6.07) is 6.09. The molecule has 2 aliphatic heterocycles. The van der Waals surface area contributed by atoms with Crippen LogP contribution in [-0.2, 0) is 4.74 Å². The Morgan fingerprint density at radius 1 is 1.25 bits per heavy atom. The fourth-order valence-electron chi connectivity index (χ4n) is 3.08. The van der Waals surface area contributed by atoms with Crippen LogP contribution in [0.4, 0.5) is 5.69 Å². The number of ether oxygens (including phenoxy) is 1. The summed E-state index contributed by atoms with van der Waals surface area (Å²) in [5.74, 6) is 1.70. The van der Waals surface area contributed by atoms with Gasteiger partial charge in [-0.05, 0) is 38.1 Å². The Balaban J connectivity index is 1.57. The molecule has 24 heavy (non-hydrogen) atoms. The molecule has 2 fully saturated rings. The maximum absolute atomic E-state index is 7.56. The number of nitrogens with one attached hydrogen (secondary N) is 3. The molecule has 2 aliphatic rings. The first-order valence-electron chi connectivity index (χ1n) is 8.37. The number of rotatable bonds is 5. The van der Waals surface area contributed by atoms with Crippen molar-refractivity contribution in [3.63, 3.8) is 0 Å². The van der Waals surface area contributed by atoms with Crippen LogP contribution < -0.4 is 10.6 Å². The lowest BCUT2D eigenvalue weighted by atomic mass is 9.98. The van der Waals surface area contributed by atoms with Crippen LogP contribution in [0.15, 0.2) is 22.7 Å². The maximum Gasteiger partial charge on any atom is 0.258 e. The Morgan fingerprint density at radius 3 is 2.79 bits per heavy atom. The minimum atomic E-state index is 0.298. The molecule has 4 rings (SSSR count). The standard InChI is InChI=1S/C17H21N5O2/c18-8-13-2-1-12(7-15(13)20-14-9-23-10-14)17-21-16(22-24-17)11-3-5-19-6-4-11/h1-2,7-8,11,14,18-20H,3-6,9-10H2. The molecular formula is C17H21N5O2. The second kappa shape index (κ2) is 6.70. The molecule has 0 spiro atoms. The van der Waals surface area contributed by atoms with Crippen LogP contribution in [0.5, 0.6) is 0 Å². The van der Waals surface area contributed by atoms with E-state index in [1.165, 1.54) is 6.21 Å². The molecule has 2 saturated heterocycles. The third-order valence-corrected chi connectivity index (χ3v) is 4.60. The lowest BCUT2D eigenvalue weighted by Crippen LogP contribution is -2.40. The first kappa shape index (κ1) is 15.3. The van der Waals surface area contributed by atoms with Gasteiger partial charge in [-0.2, -0.15) is 4.98 Å². The Morgan fingerprint density at radius 2 is 2.08 bits per heavy atom. The van der Waals surface area contributed by atoms with E-state index in [1.807, 2.05) is 18.2 Å². The first-order valence-corrected chi connectivity index (χ1v) is 8.37. The highest BCUT2D eigenvalue weighted by Crippen LogP contribution is 2.28. The minimum absolute atomic E-state index is 0.298. The molecule has 3 N–H and O–H groups in total. The summed E-state index contributed by atoms with van der Waals surface area (Å²) >= 11 is 0. The quantitative estimate of drug-likeness (QED) is 0.727. The molecule has 126 valence electrons. The summed E-state index contributed by atoms with van der Waals surface area (Å²) in [6.45, 7) is 3.39. The number of hydrogen-bond acceptors (Lipinski definition) is 7. The van der Waals surface area contributed by atoms with Gasteiger partial charge in [-0.15, -0.1) is 0 Å². The van der Waals surface area contributed by atoms with Gasteiger partial charge in [0.05, 0.1) is 19.3 Å². The van der Waals surface area contributed by atoms with Crippen LogP contribution in [0.3, 0.4) is 0 Å². The smallest absolute Gasteiger partial charge is 0.258 e. The lowest BCUT2D eigenvalue weighted by Gasteiger charge is -2.28. The molecule has 0 bridgehead atoms. The van der Waals surface area contributed by atoms with E-state index < -0.39 is 0 Å². The van der Waals surface area contributed by atoms with Gasteiger partial charge >= 0.3 is 0 Å². The molecule has 7 nitrogen and oxygen atoms in total. The van der Waals surface area contributed by atoms with Crippen LogP contribution in [0.1, 0.15) is 30.1 Å². The average molecular weight is 327 g/mol. The molecule has 1 aromatic heterocycles. The van der Waals surface area contributed by atoms with Crippen molar-refractivity contribution in [2.75, 3.05) is 31.6 Å². The van der Waals surface area contributed by atoms with Crippen molar-refractivity contribution >= 4 is 11.9 Å². The number of benzene rings is 1. The minimum Gasteiger partial charge on any atom is -0.377 e. The van der Waals surface area contributed by atoms with Crippen molar-refractivity contribution in [3.05, 3.63) is 29.6 Å². The van der Waals surface area contributed by atoms with Crippen molar-refractivity contribution in [1.29, 1.82) is 5.41 Å². The van der Waals surface area contributed by atoms with Crippen LogP contribution in [0.2, 0.25) is 0 Å². The van der Waals surface area contributed by atoms with Crippen molar-refractivity contribution < 1.29 is 9.26 Å². The Labute approximate surface area is 140 Å². The molecule has 0 atom stereocenters. The zero-order valence-corrected chi connectivity index (χ0v) is 13.4. The van der Waals surface area contributed by atoms with E-state index >= 15 is 0 Å². The normalized spacial score (nSPS) is 19.0. The second-order valence-corrected chi connectivity index (χ2v) is 6.31. The van der Waals surface area contributed by atoms with Gasteiger partial charge in [-0.25, -0.2) is 0 Å². The van der Waals surface area contributed by atoms with Crippen molar-refractivity contribution in [1.82, 2.24) is 15.5 Å². The molecule has 7 heteroatoms. The number of piperidine rings is 1. The van der Waals surface area contributed by atoms with Crippen LogP contribution in [0.25, 0.3) is 11.5 Å². The summed E-state index contributed by atoms with van der Waals surface area (Å²) in [7, 11) is 0. The van der Waals surface area contributed by atoms with E-state index in [0.717, 1.165) is 48.6 Å². The Bertz CT molecular complexity index is 720. The molecular weight excluding hydrogens is 306 g/mol. The summed E-state index contributed by atoms with van der Waals surface area (Å²) in [5.41, 5.74) is 2.61. The van der Waals surface area contributed by atoms with Gasteiger partial charge in [-0.1, -0.05) is 11.2 Å². The predicted molar refractivity (Wildman–Crippen MR) is 90.7 cm³/mol. The van der Waals surface area contributed by atoms with Crippen molar-refractivity contribution in [2.45, 2.75) is 24.8 Å². The highest BCUT2D eigenvalue weighted by atomic mass is 16.5. The molecule has 2 aromatic rings. The summed E-state index contributed by atoms with van der Waals surface area (Å²) in [4.78, 5) is 4.60. The number of nitrogens with zero attached hydrogens (tertiary/aromatic N) is 2. The van der Waals surface area contributed by atoms with Gasteiger partial charge in [0, 0.05) is 28.9 Å². The Hall–Kier alpha value is -2.25. The van der Waals surface area contributed by atoms with E-state index in [1.54, 1.807) is 0 Å². The van der Waals surface area contributed by atoms with E-state index in [0.29, 0.717) is 31.1 Å². The maximum atomic E-state index is 7.56. The summed E-state index contributed by atoms with van der Waals surface area (Å²) in [6.07, 6.45) is 3.43. The van der Waals surface area contributed by atoms with Crippen LogP contribution >= 0.6 is 0 Å².